The van der Waals surface area contributed by atoms with Gasteiger partial charge in [-0.3, -0.25) is 0 Å². The van der Waals surface area contributed by atoms with Gasteiger partial charge in [0.05, 0.1) is 19.3 Å². The van der Waals surface area contributed by atoms with E-state index >= 15 is 0 Å². The molecule has 0 aliphatic rings. The minimum atomic E-state index is 0.259. The second-order valence-corrected chi connectivity index (χ2v) is 4.52. The van der Waals surface area contributed by atoms with Crippen molar-refractivity contribution in [3.05, 3.63) is 71.8 Å². The Morgan fingerprint density at radius 1 is 0.947 bits per heavy atom. The van der Waals surface area contributed by atoms with Crippen LogP contribution >= 0.6 is 0 Å². The van der Waals surface area contributed by atoms with Crippen molar-refractivity contribution in [1.82, 2.24) is 5.32 Å². The van der Waals surface area contributed by atoms with Crippen LogP contribution in [0.2, 0.25) is 0 Å². The zero-order valence-corrected chi connectivity index (χ0v) is 11.4. The average Bonchev–Trinajstić information content (AvgIpc) is 2.48. The Morgan fingerprint density at radius 2 is 1.58 bits per heavy atom. The van der Waals surface area contributed by atoms with Crippen LogP contribution in [-0.2, 0) is 11.3 Å². The first-order chi connectivity index (χ1) is 9.40. The molecule has 2 rings (SSSR count). The van der Waals surface area contributed by atoms with Crippen LogP contribution in [0.4, 0.5) is 0 Å². The number of likely N-dealkylation sites (N-methyl/N-ethyl adjacent to an activating group) is 1. The second kappa shape index (κ2) is 7.72. The normalized spacial score (nSPS) is 12.3. The van der Waals surface area contributed by atoms with Gasteiger partial charge in [-0.2, -0.15) is 0 Å². The first-order valence-electron chi connectivity index (χ1n) is 6.80. The van der Waals surface area contributed by atoms with Crippen molar-refractivity contribution in [1.29, 1.82) is 0 Å². The van der Waals surface area contributed by atoms with E-state index in [2.05, 4.69) is 48.6 Å². The van der Waals surface area contributed by atoms with Crippen LogP contribution < -0.4 is 5.32 Å². The van der Waals surface area contributed by atoms with E-state index in [1.165, 1.54) is 11.1 Å². The monoisotopic (exact) mass is 255 g/mol. The van der Waals surface area contributed by atoms with E-state index in [0.29, 0.717) is 13.2 Å². The molecule has 0 fully saturated rings. The number of ether oxygens (including phenoxy) is 1. The molecule has 100 valence electrons. The van der Waals surface area contributed by atoms with E-state index in [0.717, 1.165) is 6.54 Å². The Hall–Kier alpha value is -1.64. The first-order valence-corrected chi connectivity index (χ1v) is 6.80. The van der Waals surface area contributed by atoms with Gasteiger partial charge in [-0.25, -0.2) is 0 Å². The summed E-state index contributed by atoms with van der Waals surface area (Å²) in [4.78, 5) is 0. The average molecular weight is 255 g/mol. The molecule has 0 saturated heterocycles. The van der Waals surface area contributed by atoms with Gasteiger partial charge in [-0.1, -0.05) is 67.6 Å². The zero-order valence-electron chi connectivity index (χ0n) is 11.4. The highest BCUT2D eigenvalue weighted by molar-refractivity contribution is 5.19. The van der Waals surface area contributed by atoms with Crippen molar-refractivity contribution in [2.75, 3.05) is 13.2 Å². The molecule has 1 unspecified atom stereocenters. The molecule has 0 aliphatic heterocycles. The van der Waals surface area contributed by atoms with Crippen LogP contribution in [0.15, 0.2) is 60.7 Å². The maximum atomic E-state index is 5.83. The van der Waals surface area contributed by atoms with Crippen LogP contribution in [0.1, 0.15) is 24.1 Å². The highest BCUT2D eigenvalue weighted by Gasteiger charge is 2.09. The Kier molecular flexibility index (Phi) is 5.60. The largest absolute Gasteiger partial charge is 0.375 e. The maximum absolute atomic E-state index is 5.83. The Morgan fingerprint density at radius 3 is 2.21 bits per heavy atom. The van der Waals surface area contributed by atoms with Gasteiger partial charge in [0.25, 0.3) is 0 Å². The van der Waals surface area contributed by atoms with Crippen LogP contribution in [0, 0.1) is 0 Å². The van der Waals surface area contributed by atoms with Crippen LogP contribution in [0.3, 0.4) is 0 Å². The number of hydrogen-bond donors (Lipinski definition) is 1. The molecule has 0 heterocycles. The fourth-order valence-electron chi connectivity index (χ4n) is 2.07. The smallest absolute Gasteiger partial charge is 0.0717 e. The lowest BCUT2D eigenvalue weighted by atomic mass is 10.1. The summed E-state index contributed by atoms with van der Waals surface area (Å²) >= 11 is 0. The lowest BCUT2D eigenvalue weighted by Crippen LogP contribution is -2.25. The molecular weight excluding hydrogens is 234 g/mol. The van der Waals surface area contributed by atoms with Gasteiger partial charge in [-0.15, -0.1) is 0 Å². The first kappa shape index (κ1) is 13.8. The summed E-state index contributed by atoms with van der Waals surface area (Å²) in [5, 5.41) is 3.46. The van der Waals surface area contributed by atoms with E-state index in [1.807, 2.05) is 24.3 Å². The Balaban J connectivity index is 1.87. The van der Waals surface area contributed by atoms with Gasteiger partial charge in [0.2, 0.25) is 0 Å². The van der Waals surface area contributed by atoms with Crippen molar-refractivity contribution in [2.45, 2.75) is 19.6 Å². The van der Waals surface area contributed by atoms with Crippen molar-refractivity contribution < 1.29 is 4.74 Å². The predicted octanol–water partition coefficient (Wildman–Crippen LogP) is 3.55. The molecule has 0 aromatic heterocycles. The van der Waals surface area contributed by atoms with E-state index in [9.17, 15) is 0 Å². The number of rotatable bonds is 7. The molecule has 0 bridgehead atoms. The molecule has 0 saturated carbocycles. The number of benzene rings is 2. The third-order valence-electron chi connectivity index (χ3n) is 3.05. The van der Waals surface area contributed by atoms with Crippen LogP contribution in [0.5, 0.6) is 0 Å². The van der Waals surface area contributed by atoms with Crippen molar-refractivity contribution >= 4 is 0 Å². The summed E-state index contributed by atoms with van der Waals surface area (Å²) in [6.07, 6.45) is 0. The molecule has 1 atom stereocenters. The van der Waals surface area contributed by atoms with Crippen LogP contribution in [-0.4, -0.2) is 13.2 Å². The van der Waals surface area contributed by atoms with Gasteiger partial charge >= 0.3 is 0 Å². The third kappa shape index (κ3) is 4.51. The highest BCUT2D eigenvalue weighted by Crippen LogP contribution is 2.13. The third-order valence-corrected chi connectivity index (χ3v) is 3.05. The molecule has 1 N–H and O–H groups in total. The Labute approximate surface area is 115 Å². The standard InChI is InChI=1S/C17H21NO/c1-2-18-17(16-11-7-4-8-12-16)14-19-13-15-9-5-3-6-10-15/h3-12,17-18H,2,13-14H2,1H3. The highest BCUT2D eigenvalue weighted by atomic mass is 16.5. The number of nitrogens with one attached hydrogen (secondary N) is 1. The summed E-state index contributed by atoms with van der Waals surface area (Å²) in [6.45, 7) is 4.41. The summed E-state index contributed by atoms with van der Waals surface area (Å²) in [5.41, 5.74) is 2.49. The fourth-order valence-corrected chi connectivity index (χ4v) is 2.07. The van der Waals surface area contributed by atoms with Crippen molar-refractivity contribution in [2.24, 2.45) is 0 Å². The fraction of sp³-hybridized carbons (Fsp3) is 0.294. The molecule has 0 spiro atoms. The molecule has 0 radical (unpaired) electrons. The lowest BCUT2D eigenvalue weighted by Gasteiger charge is -2.18. The number of hydrogen-bond acceptors (Lipinski definition) is 2. The molecule has 2 nitrogen and oxygen atoms in total. The lowest BCUT2D eigenvalue weighted by molar-refractivity contribution is 0.0990. The zero-order chi connectivity index (χ0) is 13.3. The van der Waals surface area contributed by atoms with Gasteiger partial charge in [0, 0.05) is 0 Å². The van der Waals surface area contributed by atoms with Crippen molar-refractivity contribution in [3.63, 3.8) is 0 Å². The van der Waals surface area contributed by atoms with Gasteiger partial charge in [0.15, 0.2) is 0 Å². The summed E-state index contributed by atoms with van der Waals surface area (Å²) in [6, 6.07) is 21.0. The molecule has 0 aliphatic carbocycles. The maximum Gasteiger partial charge on any atom is 0.0717 e. The minimum absolute atomic E-state index is 0.259. The molecule has 2 aromatic rings. The van der Waals surface area contributed by atoms with Crippen molar-refractivity contribution in [3.8, 4) is 0 Å². The van der Waals surface area contributed by atoms with Crippen LogP contribution in [0.25, 0.3) is 0 Å². The van der Waals surface area contributed by atoms with E-state index in [4.69, 9.17) is 4.74 Å². The minimum Gasteiger partial charge on any atom is -0.375 e. The molecule has 2 heteroatoms. The quantitative estimate of drug-likeness (QED) is 0.817. The molecule has 2 aromatic carbocycles. The summed E-state index contributed by atoms with van der Waals surface area (Å²) in [7, 11) is 0. The molecular formula is C17H21NO. The Bertz CT molecular complexity index is 455. The predicted molar refractivity (Wildman–Crippen MR) is 79.0 cm³/mol. The van der Waals surface area contributed by atoms with Gasteiger partial charge in [0.1, 0.15) is 0 Å². The molecule has 19 heavy (non-hydrogen) atoms. The topological polar surface area (TPSA) is 21.3 Å². The van der Waals surface area contributed by atoms with E-state index in [1.54, 1.807) is 0 Å². The van der Waals surface area contributed by atoms with Gasteiger partial charge in [-0.05, 0) is 17.7 Å². The summed E-state index contributed by atoms with van der Waals surface area (Å²) < 4.78 is 5.83. The van der Waals surface area contributed by atoms with E-state index < -0.39 is 0 Å². The summed E-state index contributed by atoms with van der Waals surface area (Å²) in [5.74, 6) is 0. The second-order valence-electron chi connectivity index (χ2n) is 4.52. The van der Waals surface area contributed by atoms with Gasteiger partial charge < -0.3 is 10.1 Å². The van der Waals surface area contributed by atoms with E-state index in [-0.39, 0.29) is 6.04 Å². The SMILES string of the molecule is CCNC(COCc1ccccc1)c1ccccc1. The molecule has 0 amide bonds.